The lowest BCUT2D eigenvalue weighted by Crippen LogP contribution is -2.13. The summed E-state index contributed by atoms with van der Waals surface area (Å²) in [6.07, 6.45) is 2.60. The van der Waals surface area contributed by atoms with Gasteiger partial charge in [0, 0.05) is 22.4 Å². The van der Waals surface area contributed by atoms with Gasteiger partial charge in [-0.1, -0.05) is 20.8 Å². The summed E-state index contributed by atoms with van der Waals surface area (Å²) in [5, 5.41) is 2.23. The van der Waals surface area contributed by atoms with Crippen LogP contribution in [-0.4, -0.2) is 9.38 Å². The van der Waals surface area contributed by atoms with Crippen molar-refractivity contribution in [2.24, 2.45) is 0 Å². The fourth-order valence-corrected chi connectivity index (χ4v) is 3.99. The zero-order valence-corrected chi connectivity index (χ0v) is 12.2. The number of hydrogen-bond donors (Lipinski definition) is 0. The summed E-state index contributed by atoms with van der Waals surface area (Å²) in [6, 6.07) is 0. The molecule has 2 heterocycles. The first kappa shape index (κ1) is 10.8. The maximum Gasteiger partial charge on any atom is 0.195 e. The van der Waals surface area contributed by atoms with E-state index in [9.17, 15) is 0 Å². The number of thiazole rings is 1. The molecule has 86 valence electrons. The normalized spacial score (nSPS) is 17.2. The van der Waals surface area contributed by atoms with Crippen molar-refractivity contribution in [1.29, 1.82) is 0 Å². The Kier molecular flexibility index (Phi) is 2.24. The average molecular weight is 299 g/mol. The number of fused-ring (bicyclic) bond motifs is 1. The van der Waals surface area contributed by atoms with Crippen molar-refractivity contribution in [2.45, 2.75) is 44.9 Å². The molecule has 16 heavy (non-hydrogen) atoms. The van der Waals surface area contributed by atoms with Gasteiger partial charge >= 0.3 is 0 Å². The molecule has 0 amide bonds. The van der Waals surface area contributed by atoms with Gasteiger partial charge in [0.2, 0.25) is 0 Å². The van der Waals surface area contributed by atoms with Crippen LogP contribution >= 0.6 is 27.3 Å². The summed E-state index contributed by atoms with van der Waals surface area (Å²) in [6.45, 7) is 6.74. The van der Waals surface area contributed by atoms with Gasteiger partial charge in [0.05, 0.1) is 5.69 Å². The molecule has 3 rings (SSSR count). The highest BCUT2D eigenvalue weighted by molar-refractivity contribution is 9.10. The molecule has 1 saturated carbocycles. The van der Waals surface area contributed by atoms with Gasteiger partial charge in [0.15, 0.2) is 4.96 Å². The Bertz CT molecular complexity index is 543. The number of nitrogens with zero attached hydrogens (tertiary/aromatic N) is 2. The van der Waals surface area contributed by atoms with E-state index in [1.807, 2.05) is 0 Å². The van der Waals surface area contributed by atoms with Crippen LogP contribution in [0.2, 0.25) is 0 Å². The van der Waals surface area contributed by atoms with E-state index >= 15 is 0 Å². The average Bonchev–Trinajstić information content (AvgIpc) is 2.83. The van der Waals surface area contributed by atoms with E-state index in [2.05, 4.69) is 46.5 Å². The maximum absolute atomic E-state index is 4.74. The molecule has 1 aliphatic carbocycles. The lowest BCUT2D eigenvalue weighted by atomic mass is 9.93. The molecule has 0 N–H and O–H groups in total. The Morgan fingerprint density at radius 3 is 2.69 bits per heavy atom. The van der Waals surface area contributed by atoms with E-state index in [1.165, 1.54) is 28.8 Å². The quantitative estimate of drug-likeness (QED) is 0.766. The Hall–Kier alpha value is -0.350. The van der Waals surface area contributed by atoms with Gasteiger partial charge in [0.25, 0.3) is 0 Å². The Balaban J connectivity index is 2.24. The van der Waals surface area contributed by atoms with E-state index in [0.29, 0.717) is 5.92 Å². The molecule has 4 heteroatoms. The fraction of sp³-hybridized carbons (Fsp3) is 0.583. The lowest BCUT2D eigenvalue weighted by Gasteiger charge is -2.17. The third-order valence-electron chi connectivity index (χ3n) is 3.06. The molecule has 1 fully saturated rings. The largest absolute Gasteiger partial charge is 0.281 e. The van der Waals surface area contributed by atoms with Crippen molar-refractivity contribution < 1.29 is 0 Å². The molecule has 0 unspecified atom stereocenters. The first-order valence-corrected chi connectivity index (χ1v) is 7.31. The Morgan fingerprint density at radius 2 is 2.12 bits per heavy atom. The van der Waals surface area contributed by atoms with Crippen LogP contribution in [0, 0.1) is 0 Å². The summed E-state index contributed by atoms with van der Waals surface area (Å²) in [7, 11) is 0. The molecule has 0 spiro atoms. The van der Waals surface area contributed by atoms with E-state index in [1.54, 1.807) is 11.3 Å². The van der Waals surface area contributed by atoms with Crippen LogP contribution in [-0.2, 0) is 5.41 Å². The van der Waals surface area contributed by atoms with Gasteiger partial charge in [-0.25, -0.2) is 4.98 Å². The topological polar surface area (TPSA) is 17.3 Å². The second kappa shape index (κ2) is 3.33. The van der Waals surface area contributed by atoms with Crippen molar-refractivity contribution in [1.82, 2.24) is 9.38 Å². The maximum atomic E-state index is 4.74. The SMILES string of the molecule is CC(C)(C)c1csc2nc(C3CC3)c(Br)n12. The smallest absolute Gasteiger partial charge is 0.195 e. The predicted octanol–water partition coefficient (Wildman–Crippen LogP) is 4.33. The molecule has 0 aliphatic heterocycles. The van der Waals surface area contributed by atoms with Crippen molar-refractivity contribution in [3.63, 3.8) is 0 Å². The molecule has 2 aromatic rings. The number of rotatable bonds is 1. The van der Waals surface area contributed by atoms with Crippen molar-refractivity contribution >= 4 is 32.2 Å². The zero-order chi connectivity index (χ0) is 11.5. The van der Waals surface area contributed by atoms with Crippen LogP contribution in [0.3, 0.4) is 0 Å². The summed E-state index contributed by atoms with van der Waals surface area (Å²) >= 11 is 5.46. The standard InChI is InChI=1S/C12H15BrN2S/c1-12(2,3)8-6-16-11-14-9(7-4-5-7)10(13)15(8)11/h6-7H,4-5H2,1-3H3. The third-order valence-corrected chi connectivity index (χ3v) is 4.65. The van der Waals surface area contributed by atoms with E-state index in [4.69, 9.17) is 4.98 Å². The molecule has 2 nitrogen and oxygen atoms in total. The minimum atomic E-state index is 0.169. The molecule has 1 aliphatic rings. The highest BCUT2D eigenvalue weighted by atomic mass is 79.9. The summed E-state index contributed by atoms with van der Waals surface area (Å²) in [5.41, 5.74) is 2.78. The molecular formula is C12H15BrN2S. The summed E-state index contributed by atoms with van der Waals surface area (Å²) < 4.78 is 3.45. The molecule has 0 aromatic carbocycles. The fourth-order valence-electron chi connectivity index (χ4n) is 1.98. The number of hydrogen-bond acceptors (Lipinski definition) is 2. The first-order chi connectivity index (χ1) is 7.48. The molecule has 0 radical (unpaired) electrons. The van der Waals surface area contributed by atoms with Crippen molar-refractivity contribution in [3.05, 3.63) is 21.4 Å². The second-order valence-corrected chi connectivity index (χ2v) is 7.14. The minimum Gasteiger partial charge on any atom is -0.281 e. The predicted molar refractivity (Wildman–Crippen MR) is 71.4 cm³/mol. The summed E-state index contributed by atoms with van der Waals surface area (Å²) in [5.74, 6) is 0.703. The van der Waals surface area contributed by atoms with Crippen LogP contribution in [0.4, 0.5) is 0 Å². The molecule has 0 atom stereocenters. The monoisotopic (exact) mass is 298 g/mol. The highest BCUT2D eigenvalue weighted by Crippen LogP contribution is 2.44. The van der Waals surface area contributed by atoms with Gasteiger partial charge in [0.1, 0.15) is 4.60 Å². The molecular weight excluding hydrogens is 284 g/mol. The van der Waals surface area contributed by atoms with Gasteiger partial charge in [-0.2, -0.15) is 0 Å². The van der Waals surface area contributed by atoms with Crippen LogP contribution in [0.1, 0.15) is 50.9 Å². The van der Waals surface area contributed by atoms with E-state index < -0.39 is 0 Å². The van der Waals surface area contributed by atoms with Crippen LogP contribution in [0.5, 0.6) is 0 Å². The molecule has 0 bridgehead atoms. The van der Waals surface area contributed by atoms with Crippen molar-refractivity contribution in [3.8, 4) is 0 Å². The lowest BCUT2D eigenvalue weighted by molar-refractivity contribution is 0.563. The second-order valence-electron chi connectivity index (χ2n) is 5.55. The third kappa shape index (κ3) is 1.54. The van der Waals surface area contributed by atoms with Crippen LogP contribution in [0.25, 0.3) is 4.96 Å². The minimum absolute atomic E-state index is 0.169. The Morgan fingerprint density at radius 1 is 1.44 bits per heavy atom. The van der Waals surface area contributed by atoms with E-state index in [0.717, 1.165) is 4.96 Å². The summed E-state index contributed by atoms with van der Waals surface area (Å²) in [4.78, 5) is 5.87. The van der Waals surface area contributed by atoms with Crippen LogP contribution < -0.4 is 0 Å². The van der Waals surface area contributed by atoms with Gasteiger partial charge < -0.3 is 0 Å². The van der Waals surface area contributed by atoms with Crippen molar-refractivity contribution in [2.75, 3.05) is 0 Å². The van der Waals surface area contributed by atoms with E-state index in [-0.39, 0.29) is 5.41 Å². The van der Waals surface area contributed by atoms with Crippen LogP contribution in [0.15, 0.2) is 9.98 Å². The number of aromatic nitrogens is 2. The number of halogens is 1. The number of imidazole rings is 1. The highest BCUT2D eigenvalue weighted by Gasteiger charge is 2.31. The van der Waals surface area contributed by atoms with Gasteiger partial charge in [-0.15, -0.1) is 11.3 Å². The molecule has 0 saturated heterocycles. The zero-order valence-electron chi connectivity index (χ0n) is 9.75. The molecule has 2 aromatic heterocycles. The first-order valence-electron chi connectivity index (χ1n) is 5.64. The van der Waals surface area contributed by atoms with Gasteiger partial charge in [-0.3, -0.25) is 4.40 Å². The Labute approximate surface area is 108 Å². The van der Waals surface area contributed by atoms with Gasteiger partial charge in [-0.05, 0) is 28.8 Å².